The molecule has 1 fully saturated rings. The SMILES string of the molecule is CCOC(C1CCCCC1)C(NC)c1ccc(Cl)s1. The summed E-state index contributed by atoms with van der Waals surface area (Å²) in [6.45, 7) is 2.86. The number of likely N-dealkylation sites (N-methyl/N-ethyl adjacent to an activating group) is 1. The molecule has 2 unspecified atom stereocenters. The fraction of sp³-hybridized carbons (Fsp3) is 0.733. The molecule has 1 N–H and O–H groups in total. The maximum Gasteiger partial charge on any atom is 0.0931 e. The van der Waals surface area contributed by atoms with Gasteiger partial charge in [0.2, 0.25) is 0 Å². The van der Waals surface area contributed by atoms with Gasteiger partial charge in [-0.1, -0.05) is 30.9 Å². The molecule has 4 heteroatoms. The monoisotopic (exact) mass is 301 g/mol. The standard InChI is InChI=1S/C15H24ClNOS/c1-3-18-15(11-7-5-4-6-8-11)14(17-2)12-9-10-13(16)19-12/h9-11,14-15,17H,3-8H2,1-2H3. The second-order valence-corrected chi connectivity index (χ2v) is 6.97. The van der Waals surface area contributed by atoms with Gasteiger partial charge in [-0.05, 0) is 44.9 Å². The van der Waals surface area contributed by atoms with Crippen molar-refractivity contribution in [3.63, 3.8) is 0 Å². The van der Waals surface area contributed by atoms with Crippen LogP contribution in [0.4, 0.5) is 0 Å². The first-order chi connectivity index (χ1) is 9.26. The molecule has 0 bridgehead atoms. The molecule has 0 saturated heterocycles. The number of hydrogen-bond acceptors (Lipinski definition) is 3. The van der Waals surface area contributed by atoms with Crippen LogP contribution in [-0.4, -0.2) is 19.8 Å². The third-order valence-electron chi connectivity index (χ3n) is 4.01. The number of rotatable bonds is 6. The highest BCUT2D eigenvalue weighted by atomic mass is 35.5. The van der Waals surface area contributed by atoms with E-state index in [1.54, 1.807) is 11.3 Å². The molecule has 2 atom stereocenters. The predicted octanol–water partition coefficient (Wildman–Crippen LogP) is 4.65. The van der Waals surface area contributed by atoms with Gasteiger partial charge in [0.25, 0.3) is 0 Å². The fourth-order valence-electron chi connectivity index (χ4n) is 3.12. The Labute approximate surface area is 125 Å². The van der Waals surface area contributed by atoms with Crippen LogP contribution >= 0.6 is 22.9 Å². The lowest BCUT2D eigenvalue weighted by atomic mass is 9.82. The zero-order chi connectivity index (χ0) is 13.7. The molecule has 1 saturated carbocycles. The Bertz CT molecular complexity index is 376. The number of nitrogens with one attached hydrogen (secondary N) is 1. The summed E-state index contributed by atoms with van der Waals surface area (Å²) in [5.74, 6) is 0.673. The minimum atomic E-state index is 0.264. The van der Waals surface area contributed by atoms with E-state index in [4.69, 9.17) is 16.3 Å². The van der Waals surface area contributed by atoms with Crippen LogP contribution in [0.1, 0.15) is 49.9 Å². The van der Waals surface area contributed by atoms with E-state index in [2.05, 4.69) is 18.3 Å². The van der Waals surface area contributed by atoms with Gasteiger partial charge in [-0.2, -0.15) is 0 Å². The molecule has 2 rings (SSSR count). The second kappa shape index (κ2) is 7.63. The van der Waals surface area contributed by atoms with E-state index in [1.165, 1.54) is 37.0 Å². The lowest BCUT2D eigenvalue weighted by molar-refractivity contribution is -0.0160. The normalized spacial score (nSPS) is 20.4. The maximum absolute atomic E-state index is 6.10. The van der Waals surface area contributed by atoms with Crippen molar-refractivity contribution in [2.75, 3.05) is 13.7 Å². The van der Waals surface area contributed by atoms with Crippen molar-refractivity contribution >= 4 is 22.9 Å². The number of hydrogen-bond donors (Lipinski definition) is 1. The molecule has 0 aliphatic heterocycles. The summed E-state index contributed by atoms with van der Waals surface area (Å²) in [7, 11) is 2.02. The van der Waals surface area contributed by atoms with E-state index in [9.17, 15) is 0 Å². The molecule has 0 amide bonds. The molecular weight excluding hydrogens is 278 g/mol. The van der Waals surface area contributed by atoms with Crippen LogP contribution in [0.2, 0.25) is 4.34 Å². The van der Waals surface area contributed by atoms with E-state index < -0.39 is 0 Å². The fourth-order valence-corrected chi connectivity index (χ4v) is 4.33. The van der Waals surface area contributed by atoms with Crippen LogP contribution in [0.15, 0.2) is 12.1 Å². The molecule has 1 aliphatic carbocycles. The lowest BCUT2D eigenvalue weighted by Crippen LogP contribution is -2.38. The number of thiophene rings is 1. The molecule has 0 spiro atoms. The summed E-state index contributed by atoms with van der Waals surface area (Å²) in [5, 5.41) is 3.44. The molecular formula is C15H24ClNOS. The highest BCUT2D eigenvalue weighted by molar-refractivity contribution is 7.16. The molecule has 1 aromatic rings. The van der Waals surface area contributed by atoms with Crippen LogP contribution in [-0.2, 0) is 4.74 Å². The van der Waals surface area contributed by atoms with Crippen LogP contribution < -0.4 is 5.32 Å². The van der Waals surface area contributed by atoms with Gasteiger partial charge in [0.1, 0.15) is 0 Å². The molecule has 19 heavy (non-hydrogen) atoms. The maximum atomic E-state index is 6.10. The zero-order valence-corrected chi connectivity index (χ0v) is 13.4. The Kier molecular flexibility index (Phi) is 6.14. The van der Waals surface area contributed by atoms with Gasteiger partial charge < -0.3 is 10.1 Å². The van der Waals surface area contributed by atoms with Gasteiger partial charge in [-0.3, -0.25) is 0 Å². The van der Waals surface area contributed by atoms with Crippen LogP contribution in [0.25, 0.3) is 0 Å². The van der Waals surface area contributed by atoms with Crippen molar-refractivity contribution in [1.82, 2.24) is 5.32 Å². The van der Waals surface area contributed by atoms with Crippen molar-refractivity contribution < 1.29 is 4.74 Å². The molecule has 2 nitrogen and oxygen atoms in total. The topological polar surface area (TPSA) is 21.3 Å². The Balaban J connectivity index is 2.14. The molecule has 1 aromatic heterocycles. The minimum absolute atomic E-state index is 0.264. The van der Waals surface area contributed by atoms with Gasteiger partial charge in [-0.25, -0.2) is 0 Å². The van der Waals surface area contributed by atoms with Crippen LogP contribution in [0.3, 0.4) is 0 Å². The van der Waals surface area contributed by atoms with Crippen molar-refractivity contribution in [2.45, 2.75) is 51.2 Å². The third kappa shape index (κ3) is 3.94. The van der Waals surface area contributed by atoms with E-state index in [1.807, 2.05) is 13.1 Å². The smallest absolute Gasteiger partial charge is 0.0931 e. The van der Waals surface area contributed by atoms with Gasteiger partial charge in [0, 0.05) is 11.5 Å². The van der Waals surface area contributed by atoms with Crippen LogP contribution in [0.5, 0.6) is 0 Å². The summed E-state index contributed by atoms with van der Waals surface area (Å²) < 4.78 is 6.95. The Morgan fingerprint density at radius 2 is 2.11 bits per heavy atom. The molecule has 1 aliphatic rings. The van der Waals surface area contributed by atoms with E-state index in [0.717, 1.165) is 10.9 Å². The summed E-state index contributed by atoms with van der Waals surface area (Å²) in [6, 6.07) is 4.37. The molecule has 0 aromatic carbocycles. The summed E-state index contributed by atoms with van der Waals surface area (Å²) in [5.41, 5.74) is 0. The number of ether oxygens (including phenoxy) is 1. The first-order valence-corrected chi connectivity index (χ1v) is 8.49. The Hall–Kier alpha value is -0.0900. The minimum Gasteiger partial charge on any atom is -0.376 e. The van der Waals surface area contributed by atoms with E-state index in [-0.39, 0.29) is 12.1 Å². The largest absolute Gasteiger partial charge is 0.376 e. The predicted molar refractivity (Wildman–Crippen MR) is 83.1 cm³/mol. The first-order valence-electron chi connectivity index (χ1n) is 7.30. The highest BCUT2D eigenvalue weighted by Gasteiger charge is 2.32. The van der Waals surface area contributed by atoms with Gasteiger partial charge in [0.05, 0.1) is 16.5 Å². The zero-order valence-electron chi connectivity index (χ0n) is 11.8. The average molecular weight is 302 g/mol. The molecule has 108 valence electrons. The summed E-state index contributed by atoms with van der Waals surface area (Å²) in [4.78, 5) is 1.29. The summed E-state index contributed by atoms with van der Waals surface area (Å²) >= 11 is 7.74. The number of halogens is 1. The van der Waals surface area contributed by atoms with Crippen LogP contribution in [0, 0.1) is 5.92 Å². The second-order valence-electron chi connectivity index (χ2n) is 5.23. The summed E-state index contributed by atoms with van der Waals surface area (Å²) in [6.07, 6.45) is 6.92. The van der Waals surface area contributed by atoms with E-state index in [0.29, 0.717) is 5.92 Å². The van der Waals surface area contributed by atoms with Crippen molar-refractivity contribution in [3.05, 3.63) is 21.3 Å². The molecule has 0 radical (unpaired) electrons. The van der Waals surface area contributed by atoms with Gasteiger partial charge in [0.15, 0.2) is 0 Å². The lowest BCUT2D eigenvalue weighted by Gasteiger charge is -2.35. The Morgan fingerprint density at radius 3 is 2.63 bits per heavy atom. The highest BCUT2D eigenvalue weighted by Crippen LogP contribution is 2.37. The van der Waals surface area contributed by atoms with Crippen molar-refractivity contribution in [2.24, 2.45) is 5.92 Å². The van der Waals surface area contributed by atoms with E-state index >= 15 is 0 Å². The van der Waals surface area contributed by atoms with Gasteiger partial charge in [-0.15, -0.1) is 11.3 Å². The van der Waals surface area contributed by atoms with Crippen molar-refractivity contribution in [1.29, 1.82) is 0 Å². The quantitative estimate of drug-likeness (QED) is 0.826. The average Bonchev–Trinajstić information content (AvgIpc) is 2.86. The van der Waals surface area contributed by atoms with Gasteiger partial charge >= 0.3 is 0 Å². The Morgan fingerprint density at radius 1 is 1.37 bits per heavy atom. The first kappa shape index (κ1) is 15.3. The molecule has 1 heterocycles. The third-order valence-corrected chi connectivity index (χ3v) is 5.33. The van der Waals surface area contributed by atoms with Crippen molar-refractivity contribution in [3.8, 4) is 0 Å².